The van der Waals surface area contributed by atoms with Crippen LogP contribution in [0.1, 0.15) is 47.4 Å². The van der Waals surface area contributed by atoms with Crippen molar-refractivity contribution in [2.75, 3.05) is 0 Å². The molecule has 21 heavy (non-hydrogen) atoms. The van der Waals surface area contributed by atoms with Gasteiger partial charge in [0.2, 0.25) is 0 Å². The molecule has 1 aromatic carbocycles. The van der Waals surface area contributed by atoms with Crippen LogP contribution in [0.5, 0.6) is 0 Å². The lowest BCUT2D eigenvalue weighted by atomic mass is 9.73. The fraction of sp³-hybridized carbons (Fsp3) is 0.500. The number of hydrogen-bond donors (Lipinski definition) is 1. The molecule has 0 aromatic heterocycles. The van der Waals surface area contributed by atoms with E-state index in [-0.39, 0.29) is 22.1 Å². The lowest BCUT2D eigenvalue weighted by Crippen LogP contribution is -2.56. The molecule has 1 N–H and O–H groups in total. The fourth-order valence-electron chi connectivity index (χ4n) is 3.28. The SMILES string of the molecule is CC1(C)CCC(N2C(=O)c3ccccc3C2=O)C(O)C1Br. The summed E-state index contributed by atoms with van der Waals surface area (Å²) in [7, 11) is 0. The molecule has 2 amide bonds. The number of alkyl halides is 1. The molecule has 1 heterocycles. The summed E-state index contributed by atoms with van der Waals surface area (Å²) in [6.45, 7) is 4.16. The zero-order valence-corrected chi connectivity index (χ0v) is 13.6. The van der Waals surface area contributed by atoms with Crippen LogP contribution in [0.3, 0.4) is 0 Å². The Morgan fingerprint density at radius 3 is 2.24 bits per heavy atom. The molecule has 5 heteroatoms. The molecule has 0 radical (unpaired) electrons. The first-order valence-electron chi connectivity index (χ1n) is 7.13. The van der Waals surface area contributed by atoms with Crippen LogP contribution in [0.4, 0.5) is 0 Å². The zero-order valence-electron chi connectivity index (χ0n) is 12.0. The van der Waals surface area contributed by atoms with Gasteiger partial charge >= 0.3 is 0 Å². The molecule has 112 valence electrons. The van der Waals surface area contributed by atoms with Gasteiger partial charge in [-0.05, 0) is 30.4 Å². The summed E-state index contributed by atoms with van der Waals surface area (Å²) in [5.74, 6) is -0.585. The summed E-state index contributed by atoms with van der Waals surface area (Å²) in [5.41, 5.74) is 0.811. The van der Waals surface area contributed by atoms with Crippen molar-refractivity contribution < 1.29 is 14.7 Å². The lowest BCUT2D eigenvalue weighted by Gasteiger charge is -2.45. The number of aliphatic hydroxyl groups is 1. The highest BCUT2D eigenvalue weighted by molar-refractivity contribution is 9.09. The predicted molar refractivity (Wildman–Crippen MR) is 82.5 cm³/mol. The van der Waals surface area contributed by atoms with Gasteiger partial charge in [0.05, 0.1) is 23.3 Å². The van der Waals surface area contributed by atoms with Crippen LogP contribution in [-0.4, -0.2) is 38.8 Å². The van der Waals surface area contributed by atoms with Crippen LogP contribution < -0.4 is 0 Å². The van der Waals surface area contributed by atoms with Gasteiger partial charge in [0.1, 0.15) is 0 Å². The van der Waals surface area contributed by atoms with E-state index in [0.29, 0.717) is 17.5 Å². The average molecular weight is 352 g/mol. The number of rotatable bonds is 1. The number of aliphatic hydroxyl groups excluding tert-OH is 1. The molecule has 2 aliphatic rings. The van der Waals surface area contributed by atoms with E-state index in [1.807, 2.05) is 0 Å². The summed E-state index contributed by atoms with van der Waals surface area (Å²) >= 11 is 3.54. The highest BCUT2D eigenvalue weighted by Crippen LogP contribution is 2.43. The third-order valence-electron chi connectivity index (χ3n) is 4.68. The van der Waals surface area contributed by atoms with Crippen molar-refractivity contribution in [3.63, 3.8) is 0 Å². The number of carbonyl (C=O) groups excluding carboxylic acids is 2. The Kier molecular flexibility index (Phi) is 3.45. The molecule has 1 aromatic rings. The molecule has 1 aliphatic carbocycles. The lowest BCUT2D eigenvalue weighted by molar-refractivity contribution is -0.000420. The van der Waals surface area contributed by atoms with Crippen molar-refractivity contribution >= 4 is 27.7 Å². The normalized spacial score (nSPS) is 31.4. The van der Waals surface area contributed by atoms with Crippen LogP contribution in [0.2, 0.25) is 0 Å². The van der Waals surface area contributed by atoms with E-state index < -0.39 is 12.1 Å². The van der Waals surface area contributed by atoms with Gasteiger partial charge in [-0.2, -0.15) is 0 Å². The molecule has 3 rings (SSSR count). The van der Waals surface area contributed by atoms with Gasteiger partial charge in [-0.25, -0.2) is 0 Å². The van der Waals surface area contributed by atoms with E-state index in [4.69, 9.17) is 0 Å². The maximum atomic E-state index is 12.5. The molecule has 1 aliphatic heterocycles. The number of fused-ring (bicyclic) bond motifs is 1. The molecule has 1 fully saturated rings. The van der Waals surface area contributed by atoms with Crippen molar-refractivity contribution in [3.8, 4) is 0 Å². The smallest absolute Gasteiger partial charge is 0.261 e. The van der Waals surface area contributed by atoms with Gasteiger partial charge in [-0.1, -0.05) is 41.9 Å². The van der Waals surface area contributed by atoms with Gasteiger partial charge in [-0.15, -0.1) is 0 Å². The summed E-state index contributed by atoms with van der Waals surface area (Å²) in [6.07, 6.45) is 0.718. The maximum Gasteiger partial charge on any atom is 0.261 e. The molecule has 0 bridgehead atoms. The Morgan fingerprint density at radius 1 is 1.19 bits per heavy atom. The first-order valence-corrected chi connectivity index (χ1v) is 8.05. The van der Waals surface area contributed by atoms with Gasteiger partial charge in [0, 0.05) is 4.83 Å². The van der Waals surface area contributed by atoms with Crippen molar-refractivity contribution in [2.24, 2.45) is 5.41 Å². The molecular weight excluding hydrogens is 334 g/mol. The predicted octanol–water partition coefficient (Wildman–Crippen LogP) is 2.60. The van der Waals surface area contributed by atoms with Gasteiger partial charge in [0.15, 0.2) is 0 Å². The van der Waals surface area contributed by atoms with Crippen molar-refractivity contribution in [2.45, 2.75) is 43.7 Å². The Hall–Kier alpha value is -1.20. The molecule has 3 atom stereocenters. The van der Waals surface area contributed by atoms with Crippen LogP contribution in [0.25, 0.3) is 0 Å². The van der Waals surface area contributed by atoms with E-state index in [0.717, 1.165) is 6.42 Å². The van der Waals surface area contributed by atoms with Crippen LogP contribution in [0, 0.1) is 5.41 Å². The largest absolute Gasteiger partial charge is 0.390 e. The number of carbonyl (C=O) groups is 2. The molecular formula is C16H18BrNO3. The monoisotopic (exact) mass is 351 g/mol. The van der Waals surface area contributed by atoms with E-state index in [1.165, 1.54) is 4.90 Å². The molecule has 1 saturated carbocycles. The average Bonchev–Trinajstić information content (AvgIpc) is 2.70. The van der Waals surface area contributed by atoms with Crippen molar-refractivity contribution in [1.82, 2.24) is 4.90 Å². The second-order valence-electron chi connectivity index (χ2n) is 6.51. The van der Waals surface area contributed by atoms with Crippen LogP contribution in [-0.2, 0) is 0 Å². The van der Waals surface area contributed by atoms with Crippen LogP contribution in [0.15, 0.2) is 24.3 Å². The first kappa shape index (κ1) is 14.7. The summed E-state index contributed by atoms with van der Waals surface area (Å²) in [6, 6.07) is 6.37. The van der Waals surface area contributed by atoms with E-state index in [9.17, 15) is 14.7 Å². The number of halogens is 1. The number of amides is 2. The summed E-state index contributed by atoms with van der Waals surface area (Å²) in [5, 5.41) is 10.6. The molecule has 0 spiro atoms. The quantitative estimate of drug-likeness (QED) is 0.624. The minimum Gasteiger partial charge on any atom is -0.390 e. The topological polar surface area (TPSA) is 57.6 Å². The Balaban J connectivity index is 1.93. The molecule has 0 saturated heterocycles. The third-order valence-corrected chi connectivity index (χ3v) is 6.46. The highest BCUT2D eigenvalue weighted by atomic mass is 79.9. The summed E-state index contributed by atoms with van der Waals surface area (Å²) < 4.78 is 0. The zero-order chi connectivity index (χ0) is 15.4. The maximum absolute atomic E-state index is 12.5. The number of benzene rings is 1. The van der Waals surface area contributed by atoms with E-state index in [2.05, 4.69) is 29.8 Å². The highest BCUT2D eigenvalue weighted by Gasteiger charge is 2.49. The second kappa shape index (κ2) is 4.92. The minimum atomic E-state index is -0.754. The second-order valence-corrected chi connectivity index (χ2v) is 7.50. The van der Waals surface area contributed by atoms with Gasteiger partial charge in [0.25, 0.3) is 11.8 Å². The van der Waals surface area contributed by atoms with Gasteiger partial charge < -0.3 is 5.11 Å². The molecule has 4 nitrogen and oxygen atoms in total. The number of nitrogens with zero attached hydrogens (tertiary/aromatic N) is 1. The van der Waals surface area contributed by atoms with Crippen LogP contribution >= 0.6 is 15.9 Å². The first-order chi connectivity index (χ1) is 9.84. The number of hydrogen-bond acceptors (Lipinski definition) is 3. The Labute approximate surface area is 132 Å². The van der Waals surface area contributed by atoms with Crippen molar-refractivity contribution in [1.29, 1.82) is 0 Å². The van der Waals surface area contributed by atoms with E-state index in [1.54, 1.807) is 24.3 Å². The summed E-state index contributed by atoms with van der Waals surface area (Å²) in [4.78, 5) is 26.1. The fourth-order valence-corrected chi connectivity index (χ4v) is 3.86. The molecule has 3 unspecified atom stereocenters. The minimum absolute atomic E-state index is 0.0609. The Morgan fingerprint density at radius 2 is 1.71 bits per heavy atom. The standard InChI is InChI=1S/C16H18BrNO3/c1-16(2)8-7-11(12(19)13(16)17)18-14(20)9-5-3-4-6-10(9)15(18)21/h3-6,11-13,19H,7-8H2,1-2H3. The number of imide groups is 1. The Bertz CT molecular complexity index is 578. The van der Waals surface area contributed by atoms with Crippen molar-refractivity contribution in [3.05, 3.63) is 35.4 Å². The van der Waals surface area contributed by atoms with Gasteiger partial charge in [-0.3, -0.25) is 14.5 Å². The third kappa shape index (κ3) is 2.14. The van der Waals surface area contributed by atoms with E-state index >= 15 is 0 Å².